The van der Waals surface area contributed by atoms with Crippen LogP contribution in [0.2, 0.25) is 0 Å². The first-order valence-corrected chi connectivity index (χ1v) is 6.89. The van der Waals surface area contributed by atoms with Gasteiger partial charge in [0.05, 0.1) is 13.0 Å². The van der Waals surface area contributed by atoms with E-state index in [9.17, 15) is 9.90 Å². The molecule has 1 unspecified atom stereocenters. The summed E-state index contributed by atoms with van der Waals surface area (Å²) in [6.07, 6.45) is 0.493. The largest absolute Gasteiger partial charge is 0.496 e. The van der Waals surface area contributed by atoms with E-state index in [0.717, 1.165) is 16.0 Å². The number of hydrogen-bond donors (Lipinski definition) is 1. The Hall–Kier alpha value is -1.81. The average molecular weight is 276 g/mol. The lowest BCUT2D eigenvalue weighted by molar-refractivity contribution is -0.138. The van der Waals surface area contributed by atoms with Gasteiger partial charge >= 0.3 is 5.97 Å². The first kappa shape index (κ1) is 13.6. The molecule has 3 nitrogen and oxygen atoms in total. The van der Waals surface area contributed by atoms with Crippen LogP contribution in [0.15, 0.2) is 35.7 Å². The van der Waals surface area contributed by atoms with E-state index in [-0.39, 0.29) is 0 Å². The third-order valence-corrected chi connectivity index (χ3v) is 3.94. The molecule has 0 aliphatic heterocycles. The number of aryl methyl sites for hydroxylation is 1. The molecule has 1 atom stereocenters. The minimum Gasteiger partial charge on any atom is -0.496 e. The van der Waals surface area contributed by atoms with Crippen LogP contribution in [0.3, 0.4) is 0 Å². The van der Waals surface area contributed by atoms with Crippen molar-refractivity contribution in [3.05, 3.63) is 51.7 Å². The third-order valence-electron chi connectivity index (χ3n) is 3.04. The molecule has 0 bridgehead atoms. The number of rotatable bonds is 5. The van der Waals surface area contributed by atoms with Crippen molar-refractivity contribution >= 4 is 17.3 Å². The summed E-state index contributed by atoms with van der Waals surface area (Å²) in [4.78, 5) is 12.6. The second kappa shape index (κ2) is 5.89. The number of aliphatic carboxylic acids is 1. The van der Waals surface area contributed by atoms with Crippen LogP contribution >= 0.6 is 11.3 Å². The third kappa shape index (κ3) is 3.15. The van der Waals surface area contributed by atoms with Crippen molar-refractivity contribution in [1.82, 2.24) is 0 Å². The summed E-state index contributed by atoms with van der Waals surface area (Å²) in [7, 11) is 1.57. The van der Waals surface area contributed by atoms with Gasteiger partial charge in [-0.2, -0.15) is 0 Å². The molecule has 0 amide bonds. The van der Waals surface area contributed by atoms with Crippen LogP contribution in [0, 0.1) is 6.92 Å². The molecule has 0 spiro atoms. The van der Waals surface area contributed by atoms with E-state index >= 15 is 0 Å². The second-order valence-corrected chi connectivity index (χ2v) is 5.45. The number of benzene rings is 1. The number of carboxylic acids is 1. The highest BCUT2D eigenvalue weighted by Crippen LogP contribution is 2.31. The molecular formula is C15H16O3S. The van der Waals surface area contributed by atoms with Crippen molar-refractivity contribution in [3.8, 4) is 5.75 Å². The van der Waals surface area contributed by atoms with Gasteiger partial charge in [-0.1, -0.05) is 23.8 Å². The lowest BCUT2D eigenvalue weighted by atomic mass is 9.93. The molecule has 100 valence electrons. The maximum absolute atomic E-state index is 11.6. The van der Waals surface area contributed by atoms with E-state index in [1.54, 1.807) is 18.4 Å². The molecule has 0 saturated carbocycles. The Labute approximate surface area is 116 Å². The summed E-state index contributed by atoms with van der Waals surface area (Å²) in [6, 6.07) is 9.54. The van der Waals surface area contributed by atoms with Crippen LogP contribution in [-0.4, -0.2) is 18.2 Å². The highest BCUT2D eigenvalue weighted by molar-refractivity contribution is 7.09. The lowest BCUT2D eigenvalue weighted by Crippen LogP contribution is -2.15. The zero-order valence-electron chi connectivity index (χ0n) is 10.9. The van der Waals surface area contributed by atoms with E-state index in [1.807, 2.05) is 42.6 Å². The van der Waals surface area contributed by atoms with Crippen LogP contribution < -0.4 is 4.74 Å². The van der Waals surface area contributed by atoms with E-state index < -0.39 is 11.9 Å². The SMILES string of the molecule is COc1ccc(C)cc1C(Cc1cccs1)C(=O)O. The fraction of sp³-hybridized carbons (Fsp3) is 0.267. The molecule has 2 rings (SSSR count). The minimum absolute atomic E-state index is 0.493. The van der Waals surface area contributed by atoms with E-state index in [1.165, 1.54) is 0 Å². The Morgan fingerprint density at radius 2 is 2.21 bits per heavy atom. The predicted octanol–water partition coefficient (Wildman–Crippen LogP) is 3.48. The van der Waals surface area contributed by atoms with Crippen molar-refractivity contribution in [1.29, 1.82) is 0 Å². The molecule has 1 aromatic carbocycles. The molecule has 1 heterocycles. The van der Waals surface area contributed by atoms with Crippen molar-refractivity contribution in [2.24, 2.45) is 0 Å². The Bertz CT molecular complexity index is 561. The molecule has 0 radical (unpaired) electrons. The summed E-state index contributed by atoms with van der Waals surface area (Å²) in [5.74, 6) is -0.764. The topological polar surface area (TPSA) is 46.5 Å². The van der Waals surface area contributed by atoms with Crippen molar-refractivity contribution in [3.63, 3.8) is 0 Å². The smallest absolute Gasteiger partial charge is 0.311 e. The maximum atomic E-state index is 11.6. The zero-order valence-corrected chi connectivity index (χ0v) is 11.7. The van der Waals surface area contributed by atoms with Crippen LogP contribution in [0.25, 0.3) is 0 Å². The molecule has 1 N–H and O–H groups in total. The van der Waals surface area contributed by atoms with Gasteiger partial charge in [-0.15, -0.1) is 11.3 Å². The lowest BCUT2D eigenvalue weighted by Gasteiger charge is -2.16. The summed E-state index contributed by atoms with van der Waals surface area (Å²) in [5, 5.41) is 11.4. The van der Waals surface area contributed by atoms with Crippen LogP contribution in [-0.2, 0) is 11.2 Å². The molecule has 0 saturated heterocycles. The van der Waals surface area contributed by atoms with Gasteiger partial charge in [0.1, 0.15) is 5.75 Å². The second-order valence-electron chi connectivity index (χ2n) is 4.42. The number of carboxylic acid groups (broad SMARTS) is 1. The molecule has 0 aliphatic rings. The highest BCUT2D eigenvalue weighted by atomic mass is 32.1. The quantitative estimate of drug-likeness (QED) is 0.909. The number of thiophene rings is 1. The van der Waals surface area contributed by atoms with Gasteiger partial charge < -0.3 is 9.84 Å². The Kier molecular flexibility index (Phi) is 4.22. The van der Waals surface area contributed by atoms with Crippen molar-refractivity contribution in [2.75, 3.05) is 7.11 Å². The Morgan fingerprint density at radius 1 is 1.42 bits per heavy atom. The van der Waals surface area contributed by atoms with Gasteiger partial charge in [-0.25, -0.2) is 0 Å². The highest BCUT2D eigenvalue weighted by Gasteiger charge is 2.24. The van der Waals surface area contributed by atoms with Gasteiger partial charge in [-0.05, 0) is 30.9 Å². The van der Waals surface area contributed by atoms with Gasteiger partial charge in [0, 0.05) is 10.4 Å². The van der Waals surface area contributed by atoms with Gasteiger partial charge in [-0.3, -0.25) is 4.79 Å². The number of methoxy groups -OCH3 is 1. The Balaban J connectivity index is 2.38. The summed E-state index contributed by atoms with van der Waals surface area (Å²) in [6.45, 7) is 1.95. The predicted molar refractivity (Wildman–Crippen MR) is 76.1 cm³/mol. The average Bonchev–Trinajstić information content (AvgIpc) is 2.88. The van der Waals surface area contributed by atoms with Crippen molar-refractivity contribution < 1.29 is 14.6 Å². The van der Waals surface area contributed by atoms with Crippen LogP contribution in [0.5, 0.6) is 5.75 Å². The molecular weight excluding hydrogens is 260 g/mol. The van der Waals surface area contributed by atoms with E-state index in [4.69, 9.17) is 4.74 Å². The van der Waals surface area contributed by atoms with Gasteiger partial charge in [0.15, 0.2) is 0 Å². The number of ether oxygens (including phenoxy) is 1. The van der Waals surface area contributed by atoms with Gasteiger partial charge in [0.2, 0.25) is 0 Å². The molecule has 19 heavy (non-hydrogen) atoms. The fourth-order valence-electron chi connectivity index (χ4n) is 2.09. The molecule has 0 fully saturated rings. The monoisotopic (exact) mass is 276 g/mol. The standard InChI is InChI=1S/C15H16O3S/c1-10-5-6-14(18-2)12(8-10)13(15(16)17)9-11-4-3-7-19-11/h3-8,13H,9H2,1-2H3,(H,16,17). The molecule has 2 aromatic rings. The fourth-order valence-corrected chi connectivity index (χ4v) is 2.84. The van der Waals surface area contributed by atoms with E-state index in [0.29, 0.717) is 12.2 Å². The molecule has 4 heteroatoms. The number of carbonyl (C=O) groups is 1. The molecule has 1 aromatic heterocycles. The minimum atomic E-state index is -0.822. The number of hydrogen-bond acceptors (Lipinski definition) is 3. The summed E-state index contributed by atoms with van der Waals surface area (Å²) in [5.41, 5.74) is 1.77. The van der Waals surface area contributed by atoms with E-state index in [2.05, 4.69) is 0 Å². The summed E-state index contributed by atoms with van der Waals surface area (Å²) >= 11 is 1.58. The van der Waals surface area contributed by atoms with Crippen LogP contribution in [0.1, 0.15) is 21.9 Å². The normalized spacial score (nSPS) is 12.1. The summed E-state index contributed by atoms with van der Waals surface area (Å²) < 4.78 is 5.29. The first-order valence-electron chi connectivity index (χ1n) is 6.01. The molecule has 0 aliphatic carbocycles. The van der Waals surface area contributed by atoms with Crippen molar-refractivity contribution in [2.45, 2.75) is 19.3 Å². The zero-order chi connectivity index (χ0) is 13.8. The Morgan fingerprint density at radius 3 is 2.79 bits per heavy atom. The maximum Gasteiger partial charge on any atom is 0.311 e. The van der Waals surface area contributed by atoms with Gasteiger partial charge in [0.25, 0.3) is 0 Å². The van der Waals surface area contributed by atoms with Crippen LogP contribution in [0.4, 0.5) is 0 Å². The first-order chi connectivity index (χ1) is 9.11.